The molecule has 1 N–H and O–H groups in total. The van der Waals surface area contributed by atoms with Gasteiger partial charge in [-0.3, -0.25) is 0 Å². The van der Waals surface area contributed by atoms with Gasteiger partial charge in [-0.05, 0) is 56.4 Å². The molecule has 0 aliphatic rings. The van der Waals surface area contributed by atoms with E-state index < -0.39 is 5.97 Å². The second-order valence-corrected chi connectivity index (χ2v) is 6.54. The molecule has 5 heteroatoms. The molecule has 0 saturated carbocycles. The van der Waals surface area contributed by atoms with E-state index in [-0.39, 0.29) is 5.56 Å². The number of aromatic carboxylic acids is 1. The maximum atomic E-state index is 11.3. The molecule has 0 bridgehead atoms. The van der Waals surface area contributed by atoms with E-state index in [0.717, 1.165) is 28.1 Å². The molecule has 0 aliphatic carbocycles. The van der Waals surface area contributed by atoms with Gasteiger partial charge in [-0.2, -0.15) is 0 Å². The number of carbonyl (C=O) groups is 1. The molecule has 0 aromatic heterocycles. The Balaban J connectivity index is 2.46. The number of carboxylic acids is 1. The molecule has 0 amide bonds. The van der Waals surface area contributed by atoms with Crippen molar-refractivity contribution in [2.45, 2.75) is 11.8 Å². The number of benzene rings is 2. The lowest BCUT2D eigenvalue weighted by atomic mass is 10.0. The fourth-order valence-electron chi connectivity index (χ4n) is 2.31. The first-order valence-corrected chi connectivity index (χ1v) is 8.44. The lowest BCUT2D eigenvalue weighted by Crippen LogP contribution is -2.17. The second-order valence-electron chi connectivity index (χ2n) is 6.05. The van der Waals surface area contributed by atoms with E-state index in [1.807, 2.05) is 56.3 Å². The number of carboxylic acid groups (broad SMARTS) is 1. The highest BCUT2D eigenvalue weighted by molar-refractivity contribution is 7.80. The standard InChI is InChI=1S/C20H23NO3S/c1-14-8-9-16(20(22)23)12-17(14)18(24-11-10-21(2)3)13-15-6-4-5-7-19(15)25/h4-9,12-13,25H,10-11H2,1-3H3,(H,22,23)/b18-13+. The van der Waals surface area contributed by atoms with Gasteiger partial charge in [0, 0.05) is 17.0 Å². The van der Waals surface area contributed by atoms with Crippen molar-refractivity contribution in [2.24, 2.45) is 0 Å². The molecule has 25 heavy (non-hydrogen) atoms. The van der Waals surface area contributed by atoms with Gasteiger partial charge in [-0.25, -0.2) is 4.79 Å². The van der Waals surface area contributed by atoms with E-state index in [0.29, 0.717) is 12.4 Å². The molecule has 2 aromatic rings. The van der Waals surface area contributed by atoms with Gasteiger partial charge in [0.05, 0.1) is 5.56 Å². The average molecular weight is 357 g/mol. The van der Waals surface area contributed by atoms with Gasteiger partial charge in [-0.15, -0.1) is 12.6 Å². The number of rotatable bonds is 7. The summed E-state index contributed by atoms with van der Waals surface area (Å²) < 4.78 is 6.01. The molecule has 0 fully saturated rings. The Morgan fingerprint density at radius 1 is 1.24 bits per heavy atom. The van der Waals surface area contributed by atoms with Crippen molar-refractivity contribution in [2.75, 3.05) is 27.2 Å². The maximum Gasteiger partial charge on any atom is 0.335 e. The fraction of sp³-hybridized carbons (Fsp3) is 0.250. The van der Waals surface area contributed by atoms with Crippen LogP contribution in [0.3, 0.4) is 0 Å². The number of thiol groups is 1. The van der Waals surface area contributed by atoms with Crippen molar-refractivity contribution in [3.63, 3.8) is 0 Å². The molecule has 2 rings (SSSR count). The molecule has 0 unspecified atom stereocenters. The summed E-state index contributed by atoms with van der Waals surface area (Å²) in [4.78, 5) is 14.2. The van der Waals surface area contributed by atoms with E-state index in [4.69, 9.17) is 4.74 Å². The van der Waals surface area contributed by atoms with Crippen LogP contribution >= 0.6 is 12.6 Å². The fourth-order valence-corrected chi connectivity index (χ4v) is 2.53. The smallest absolute Gasteiger partial charge is 0.335 e. The summed E-state index contributed by atoms with van der Waals surface area (Å²) in [5, 5.41) is 9.29. The Hall–Kier alpha value is -2.24. The maximum absolute atomic E-state index is 11.3. The highest BCUT2D eigenvalue weighted by Crippen LogP contribution is 2.26. The third kappa shape index (κ3) is 5.37. The van der Waals surface area contributed by atoms with Gasteiger partial charge in [0.15, 0.2) is 0 Å². The van der Waals surface area contributed by atoms with Gasteiger partial charge in [0.25, 0.3) is 0 Å². The first-order chi connectivity index (χ1) is 11.9. The summed E-state index contributed by atoms with van der Waals surface area (Å²) >= 11 is 4.49. The number of nitrogens with zero attached hydrogens (tertiary/aromatic N) is 1. The summed E-state index contributed by atoms with van der Waals surface area (Å²) in [6, 6.07) is 12.8. The summed E-state index contributed by atoms with van der Waals surface area (Å²) in [5.74, 6) is -0.313. The van der Waals surface area contributed by atoms with Crippen molar-refractivity contribution in [3.05, 3.63) is 64.7 Å². The van der Waals surface area contributed by atoms with Crippen LogP contribution in [0, 0.1) is 6.92 Å². The Kier molecular flexibility index (Phi) is 6.67. The highest BCUT2D eigenvalue weighted by atomic mass is 32.1. The van der Waals surface area contributed by atoms with Crippen molar-refractivity contribution in [1.29, 1.82) is 0 Å². The Labute approximate surface area is 154 Å². The third-order valence-corrected chi connectivity index (χ3v) is 4.18. The molecule has 0 saturated heterocycles. The zero-order valence-corrected chi connectivity index (χ0v) is 15.6. The van der Waals surface area contributed by atoms with Crippen LogP contribution in [-0.2, 0) is 4.74 Å². The minimum atomic E-state index is -0.955. The summed E-state index contributed by atoms with van der Waals surface area (Å²) in [7, 11) is 3.96. The predicted molar refractivity (Wildman–Crippen MR) is 104 cm³/mol. The van der Waals surface area contributed by atoms with Crippen molar-refractivity contribution in [1.82, 2.24) is 4.90 Å². The minimum Gasteiger partial charge on any atom is -0.492 e. The van der Waals surface area contributed by atoms with E-state index in [1.54, 1.807) is 18.2 Å². The Morgan fingerprint density at radius 2 is 1.96 bits per heavy atom. The third-order valence-electron chi connectivity index (χ3n) is 3.77. The van der Waals surface area contributed by atoms with Crippen molar-refractivity contribution >= 4 is 30.4 Å². The van der Waals surface area contributed by atoms with Crippen molar-refractivity contribution < 1.29 is 14.6 Å². The van der Waals surface area contributed by atoms with Crippen LogP contribution in [0.4, 0.5) is 0 Å². The van der Waals surface area contributed by atoms with Gasteiger partial charge in [0.1, 0.15) is 12.4 Å². The van der Waals surface area contributed by atoms with Crippen LogP contribution in [0.2, 0.25) is 0 Å². The summed E-state index contributed by atoms with van der Waals surface area (Å²) in [6.07, 6.45) is 1.91. The SMILES string of the molecule is Cc1ccc(C(=O)O)cc1/C(=C\c1ccccc1S)OCCN(C)C. The molecular formula is C20H23NO3S. The minimum absolute atomic E-state index is 0.238. The molecule has 0 heterocycles. The second kappa shape index (κ2) is 8.74. The lowest BCUT2D eigenvalue weighted by molar-refractivity contribution is 0.0697. The van der Waals surface area contributed by atoms with Crippen LogP contribution in [0.5, 0.6) is 0 Å². The van der Waals surface area contributed by atoms with E-state index >= 15 is 0 Å². The van der Waals surface area contributed by atoms with E-state index in [9.17, 15) is 9.90 Å². The van der Waals surface area contributed by atoms with Crippen LogP contribution in [0.25, 0.3) is 11.8 Å². The topological polar surface area (TPSA) is 49.8 Å². The number of ether oxygens (including phenoxy) is 1. The predicted octanol–water partition coefficient (Wildman–Crippen LogP) is 4.06. The van der Waals surface area contributed by atoms with Crippen LogP contribution in [-0.4, -0.2) is 43.2 Å². The van der Waals surface area contributed by atoms with E-state index in [1.165, 1.54) is 0 Å². The van der Waals surface area contributed by atoms with Gasteiger partial charge >= 0.3 is 5.97 Å². The monoisotopic (exact) mass is 357 g/mol. The number of likely N-dealkylation sites (N-methyl/N-ethyl adjacent to an activating group) is 1. The number of aryl methyl sites for hydroxylation is 1. The molecule has 0 radical (unpaired) electrons. The zero-order valence-electron chi connectivity index (χ0n) is 14.7. The van der Waals surface area contributed by atoms with Crippen LogP contribution < -0.4 is 0 Å². The van der Waals surface area contributed by atoms with Crippen LogP contribution in [0.15, 0.2) is 47.4 Å². The quantitative estimate of drug-likeness (QED) is 0.446. The molecule has 4 nitrogen and oxygen atoms in total. The summed E-state index contributed by atoms with van der Waals surface area (Å²) in [6.45, 7) is 3.21. The highest BCUT2D eigenvalue weighted by Gasteiger charge is 2.12. The van der Waals surface area contributed by atoms with Gasteiger partial charge < -0.3 is 14.7 Å². The first kappa shape index (κ1) is 19.1. The first-order valence-electron chi connectivity index (χ1n) is 8.00. The normalized spacial score (nSPS) is 11.6. The van der Waals surface area contributed by atoms with Gasteiger partial charge in [0.2, 0.25) is 0 Å². The van der Waals surface area contributed by atoms with Crippen LogP contribution in [0.1, 0.15) is 27.0 Å². The molecule has 0 atom stereocenters. The molecular weight excluding hydrogens is 334 g/mol. The largest absolute Gasteiger partial charge is 0.492 e. The Bertz CT molecular complexity index is 784. The zero-order chi connectivity index (χ0) is 18.4. The number of hydrogen-bond donors (Lipinski definition) is 2. The molecule has 132 valence electrons. The average Bonchev–Trinajstić information content (AvgIpc) is 2.56. The number of hydrogen-bond acceptors (Lipinski definition) is 4. The summed E-state index contributed by atoms with van der Waals surface area (Å²) in [5.41, 5.74) is 2.89. The Morgan fingerprint density at radius 3 is 2.60 bits per heavy atom. The molecule has 0 aliphatic heterocycles. The lowest BCUT2D eigenvalue weighted by Gasteiger charge is -2.16. The van der Waals surface area contributed by atoms with E-state index in [2.05, 4.69) is 12.6 Å². The van der Waals surface area contributed by atoms with Gasteiger partial charge in [-0.1, -0.05) is 24.3 Å². The molecule has 0 spiro atoms. The van der Waals surface area contributed by atoms with Crippen molar-refractivity contribution in [3.8, 4) is 0 Å². The molecule has 2 aromatic carbocycles.